The smallest absolute Gasteiger partial charge is 0.224 e. The maximum Gasteiger partial charge on any atom is 0.224 e. The lowest BCUT2D eigenvalue weighted by molar-refractivity contribution is -0.116. The van der Waals surface area contributed by atoms with Crippen LogP contribution in [0.2, 0.25) is 5.02 Å². The normalized spacial score (nSPS) is 15.5. The fourth-order valence-electron chi connectivity index (χ4n) is 2.40. The molecule has 0 aromatic heterocycles. The predicted octanol–water partition coefficient (Wildman–Crippen LogP) is 3.79. The lowest BCUT2D eigenvalue weighted by Crippen LogP contribution is -2.28. The molecule has 1 aromatic rings. The summed E-state index contributed by atoms with van der Waals surface area (Å²) >= 11 is 6.04. The molecule has 112 valence electrons. The van der Waals surface area contributed by atoms with Crippen molar-refractivity contribution >= 4 is 35.6 Å². The summed E-state index contributed by atoms with van der Waals surface area (Å²) in [5, 5.41) is 6.94. The Morgan fingerprint density at radius 1 is 1.40 bits per heavy atom. The average molecular weight is 317 g/mol. The fraction of sp³-hybridized carbons (Fsp3) is 0.533. The summed E-state index contributed by atoms with van der Waals surface area (Å²) in [7, 11) is 0. The van der Waals surface area contributed by atoms with E-state index in [2.05, 4.69) is 10.6 Å². The summed E-state index contributed by atoms with van der Waals surface area (Å²) in [6.45, 7) is 4.12. The van der Waals surface area contributed by atoms with Gasteiger partial charge in [-0.1, -0.05) is 17.7 Å². The van der Waals surface area contributed by atoms with Gasteiger partial charge in [0.2, 0.25) is 5.91 Å². The molecule has 1 fully saturated rings. The first-order chi connectivity index (χ1) is 9.15. The number of aryl methyl sites for hydroxylation is 1. The van der Waals surface area contributed by atoms with Gasteiger partial charge in [-0.05, 0) is 62.9 Å². The number of carbonyl (C=O) groups is 1. The van der Waals surface area contributed by atoms with Crippen LogP contribution < -0.4 is 10.6 Å². The SMILES string of the molecule is Cc1ccc(NC(=O)CCC2CCNCC2)cc1Cl.Cl. The average Bonchev–Trinajstić information content (AvgIpc) is 2.42. The number of amides is 1. The highest BCUT2D eigenvalue weighted by Crippen LogP contribution is 2.21. The van der Waals surface area contributed by atoms with Crippen molar-refractivity contribution in [1.29, 1.82) is 0 Å². The van der Waals surface area contributed by atoms with E-state index in [1.54, 1.807) is 6.07 Å². The van der Waals surface area contributed by atoms with E-state index in [1.165, 1.54) is 12.8 Å². The van der Waals surface area contributed by atoms with Gasteiger partial charge in [0.15, 0.2) is 0 Å². The van der Waals surface area contributed by atoms with Crippen LogP contribution in [0.4, 0.5) is 5.69 Å². The van der Waals surface area contributed by atoms with E-state index in [1.807, 2.05) is 19.1 Å². The van der Waals surface area contributed by atoms with Gasteiger partial charge in [-0.2, -0.15) is 0 Å². The molecule has 0 spiro atoms. The third kappa shape index (κ3) is 5.31. The molecule has 2 rings (SSSR count). The second-order valence-corrected chi connectivity index (χ2v) is 5.65. The molecule has 20 heavy (non-hydrogen) atoms. The topological polar surface area (TPSA) is 41.1 Å². The molecule has 0 radical (unpaired) electrons. The molecule has 1 heterocycles. The number of nitrogens with one attached hydrogen (secondary N) is 2. The Labute approximate surface area is 131 Å². The molecule has 1 saturated heterocycles. The first-order valence-corrected chi connectivity index (χ1v) is 7.29. The molecule has 1 aliphatic rings. The van der Waals surface area contributed by atoms with Crippen molar-refractivity contribution in [3.05, 3.63) is 28.8 Å². The van der Waals surface area contributed by atoms with Crippen molar-refractivity contribution in [1.82, 2.24) is 5.32 Å². The summed E-state index contributed by atoms with van der Waals surface area (Å²) in [4.78, 5) is 11.9. The van der Waals surface area contributed by atoms with E-state index < -0.39 is 0 Å². The Morgan fingerprint density at radius 3 is 2.75 bits per heavy atom. The standard InChI is InChI=1S/C15H21ClN2O.ClH/c1-11-2-4-13(10-14(11)16)18-15(19)5-3-12-6-8-17-9-7-12;/h2,4,10,12,17H,3,5-9H2,1H3,(H,18,19);1H. The molecule has 0 aliphatic carbocycles. The van der Waals surface area contributed by atoms with Gasteiger partial charge in [-0.15, -0.1) is 12.4 Å². The quantitative estimate of drug-likeness (QED) is 0.887. The minimum atomic E-state index is 0. The van der Waals surface area contributed by atoms with Crippen LogP contribution in [0.25, 0.3) is 0 Å². The van der Waals surface area contributed by atoms with Gasteiger partial charge in [0.1, 0.15) is 0 Å². The molecule has 0 saturated carbocycles. The third-order valence-electron chi connectivity index (χ3n) is 3.69. The van der Waals surface area contributed by atoms with Gasteiger partial charge in [-0.3, -0.25) is 4.79 Å². The Morgan fingerprint density at radius 2 is 2.10 bits per heavy atom. The van der Waals surface area contributed by atoms with Crippen LogP contribution in [0.15, 0.2) is 18.2 Å². The number of piperidine rings is 1. The van der Waals surface area contributed by atoms with Crippen LogP contribution in [0.5, 0.6) is 0 Å². The van der Waals surface area contributed by atoms with E-state index >= 15 is 0 Å². The largest absolute Gasteiger partial charge is 0.326 e. The van der Waals surface area contributed by atoms with Crippen molar-refractivity contribution in [3.8, 4) is 0 Å². The summed E-state index contributed by atoms with van der Waals surface area (Å²) < 4.78 is 0. The van der Waals surface area contributed by atoms with Gasteiger partial charge in [-0.25, -0.2) is 0 Å². The van der Waals surface area contributed by atoms with E-state index in [-0.39, 0.29) is 18.3 Å². The molecule has 0 unspecified atom stereocenters. The summed E-state index contributed by atoms with van der Waals surface area (Å²) in [6.07, 6.45) is 3.94. The van der Waals surface area contributed by atoms with Crippen LogP contribution >= 0.6 is 24.0 Å². The second kappa shape index (κ2) is 8.50. The highest BCUT2D eigenvalue weighted by molar-refractivity contribution is 6.31. The highest BCUT2D eigenvalue weighted by atomic mass is 35.5. The van der Waals surface area contributed by atoms with Crippen LogP contribution in [0.3, 0.4) is 0 Å². The molecular formula is C15H22Cl2N2O. The third-order valence-corrected chi connectivity index (χ3v) is 4.10. The zero-order valence-electron chi connectivity index (χ0n) is 11.7. The summed E-state index contributed by atoms with van der Waals surface area (Å²) in [6, 6.07) is 5.62. The van der Waals surface area contributed by atoms with E-state index in [4.69, 9.17) is 11.6 Å². The molecule has 0 bridgehead atoms. The number of anilines is 1. The van der Waals surface area contributed by atoms with Crippen molar-refractivity contribution < 1.29 is 4.79 Å². The number of benzene rings is 1. The fourth-order valence-corrected chi connectivity index (χ4v) is 2.58. The molecular weight excluding hydrogens is 295 g/mol. The zero-order chi connectivity index (χ0) is 13.7. The monoisotopic (exact) mass is 316 g/mol. The maximum absolute atomic E-state index is 11.9. The second-order valence-electron chi connectivity index (χ2n) is 5.24. The number of hydrogen-bond acceptors (Lipinski definition) is 2. The first-order valence-electron chi connectivity index (χ1n) is 6.92. The lowest BCUT2D eigenvalue weighted by Gasteiger charge is -2.22. The Balaban J connectivity index is 0.00000200. The number of halogens is 2. The van der Waals surface area contributed by atoms with Crippen molar-refractivity contribution in [3.63, 3.8) is 0 Å². The first kappa shape index (κ1) is 17.3. The number of rotatable bonds is 4. The number of carbonyl (C=O) groups excluding carboxylic acids is 1. The minimum absolute atomic E-state index is 0. The van der Waals surface area contributed by atoms with Crippen molar-refractivity contribution in [2.24, 2.45) is 5.92 Å². The van der Waals surface area contributed by atoms with Crippen LogP contribution in [-0.4, -0.2) is 19.0 Å². The summed E-state index contributed by atoms with van der Waals surface area (Å²) in [5.41, 5.74) is 1.81. The van der Waals surface area contributed by atoms with E-state index in [0.29, 0.717) is 17.4 Å². The number of hydrogen-bond donors (Lipinski definition) is 2. The Hall–Kier alpha value is -0.770. The van der Waals surface area contributed by atoms with Crippen LogP contribution in [-0.2, 0) is 4.79 Å². The molecule has 1 aliphatic heterocycles. The Bertz CT molecular complexity index is 445. The van der Waals surface area contributed by atoms with E-state index in [9.17, 15) is 4.79 Å². The van der Waals surface area contributed by atoms with Gasteiger partial charge in [0.25, 0.3) is 0 Å². The molecule has 2 N–H and O–H groups in total. The van der Waals surface area contributed by atoms with Gasteiger partial charge in [0.05, 0.1) is 0 Å². The van der Waals surface area contributed by atoms with Crippen molar-refractivity contribution in [2.45, 2.75) is 32.6 Å². The predicted molar refractivity (Wildman–Crippen MR) is 86.9 cm³/mol. The van der Waals surface area contributed by atoms with Crippen LogP contribution in [0, 0.1) is 12.8 Å². The van der Waals surface area contributed by atoms with Gasteiger partial charge < -0.3 is 10.6 Å². The minimum Gasteiger partial charge on any atom is -0.326 e. The molecule has 1 amide bonds. The zero-order valence-corrected chi connectivity index (χ0v) is 13.3. The van der Waals surface area contributed by atoms with Crippen molar-refractivity contribution in [2.75, 3.05) is 18.4 Å². The van der Waals surface area contributed by atoms with Gasteiger partial charge in [0, 0.05) is 17.1 Å². The molecule has 5 heteroatoms. The molecule has 3 nitrogen and oxygen atoms in total. The van der Waals surface area contributed by atoms with Gasteiger partial charge >= 0.3 is 0 Å². The van der Waals surface area contributed by atoms with Crippen LogP contribution in [0.1, 0.15) is 31.2 Å². The Kier molecular flexibility index (Phi) is 7.35. The highest BCUT2D eigenvalue weighted by Gasteiger charge is 2.14. The maximum atomic E-state index is 11.9. The lowest BCUT2D eigenvalue weighted by atomic mass is 9.93. The molecule has 0 atom stereocenters. The molecule has 1 aromatic carbocycles. The van der Waals surface area contributed by atoms with E-state index in [0.717, 1.165) is 30.8 Å². The summed E-state index contributed by atoms with van der Waals surface area (Å²) in [5.74, 6) is 0.770.